The fourth-order valence-corrected chi connectivity index (χ4v) is 5.09. The van der Waals surface area contributed by atoms with Crippen LogP contribution in [0.25, 0.3) is 11.1 Å². The Morgan fingerprint density at radius 3 is 2.00 bits per heavy atom. The van der Waals surface area contributed by atoms with Crippen molar-refractivity contribution in [2.45, 2.75) is 56.2 Å². The summed E-state index contributed by atoms with van der Waals surface area (Å²) in [6, 6.07) is 17.6. The minimum Gasteiger partial charge on any atom is -0.326 e. The summed E-state index contributed by atoms with van der Waals surface area (Å²) < 4.78 is 0. The molecule has 0 aliphatic heterocycles. The number of aromatic nitrogens is 1. The second-order valence-electron chi connectivity index (χ2n) is 8.11. The number of benzene rings is 2. The summed E-state index contributed by atoms with van der Waals surface area (Å²) in [5, 5.41) is 0. The van der Waals surface area contributed by atoms with Crippen molar-refractivity contribution in [1.29, 1.82) is 0 Å². The molecule has 3 aromatic rings. The van der Waals surface area contributed by atoms with Crippen LogP contribution in [-0.4, -0.2) is 11.2 Å². The normalized spacial score (nSPS) is 10.6. The number of nitrogens with two attached hydrogens (primary N) is 1. The lowest BCUT2D eigenvalue weighted by Gasteiger charge is -2.21. The minimum atomic E-state index is 0. The van der Waals surface area contributed by atoms with Crippen LogP contribution in [0.1, 0.15) is 41.9 Å². The molecule has 0 saturated heterocycles. The number of nitrogens with zero attached hydrogens (tertiary/aromatic N) is 1. The van der Waals surface area contributed by atoms with Crippen LogP contribution < -0.4 is 5.73 Å². The molecule has 0 aliphatic carbocycles. The Hall–Kier alpha value is -1.17. The number of pyridine rings is 1. The lowest BCUT2D eigenvalue weighted by molar-refractivity contribution is 0.628. The highest BCUT2D eigenvalue weighted by Crippen LogP contribution is 2.36. The zero-order valence-corrected chi connectivity index (χ0v) is 22.7. The fourth-order valence-electron chi connectivity index (χ4n) is 3.69. The first-order valence-electron chi connectivity index (χ1n) is 10.5. The van der Waals surface area contributed by atoms with Gasteiger partial charge in [-0.05, 0) is 79.0 Å². The Labute approximate surface area is 214 Å². The van der Waals surface area contributed by atoms with Gasteiger partial charge in [-0.3, -0.25) is 4.98 Å². The Morgan fingerprint density at radius 2 is 1.47 bits per heavy atom. The molecule has 0 atom stereocenters. The van der Waals surface area contributed by atoms with E-state index in [1.54, 1.807) is 11.8 Å². The average Bonchev–Trinajstić information content (AvgIpc) is 2.73. The largest absolute Gasteiger partial charge is 0.326 e. The van der Waals surface area contributed by atoms with Gasteiger partial charge in [0.2, 0.25) is 0 Å². The molecule has 0 spiro atoms. The molecule has 2 N–H and O–H groups in total. The fraction of sp³-hybridized carbons (Fsp3) is 0.346. The van der Waals surface area contributed by atoms with Crippen molar-refractivity contribution in [2.24, 2.45) is 11.7 Å². The quantitative estimate of drug-likeness (QED) is 0.314. The molecular weight excluding hydrogens is 475 g/mol. The number of aryl methyl sites for hydroxylation is 2. The molecule has 0 amide bonds. The van der Waals surface area contributed by atoms with Crippen LogP contribution >= 0.6 is 48.3 Å². The van der Waals surface area contributed by atoms with Gasteiger partial charge < -0.3 is 5.73 Å². The first kappa shape index (κ1) is 28.9. The molecule has 6 heteroatoms. The molecule has 0 radical (unpaired) electrons. The van der Waals surface area contributed by atoms with Crippen LogP contribution in [0.4, 0.5) is 0 Å². The zero-order valence-electron chi connectivity index (χ0n) is 19.5. The molecule has 0 bridgehead atoms. The highest BCUT2D eigenvalue weighted by Gasteiger charge is 2.19. The number of halogens is 2. The van der Waals surface area contributed by atoms with Gasteiger partial charge in [-0.25, -0.2) is 0 Å². The summed E-state index contributed by atoms with van der Waals surface area (Å²) in [4.78, 5) is 7.60. The minimum absolute atomic E-state index is 0. The van der Waals surface area contributed by atoms with Crippen LogP contribution in [0.5, 0.6) is 0 Å². The SMILES string of the molecule is CSc1ccc(SCc2c(C)nc(CC(C)C)c(CN)c2-c2ccc(C)cc2)cc1.Cl.Cl. The molecule has 1 heterocycles. The third kappa shape index (κ3) is 7.16. The summed E-state index contributed by atoms with van der Waals surface area (Å²) in [6.45, 7) is 9.27. The smallest absolute Gasteiger partial charge is 0.0460 e. The third-order valence-electron chi connectivity index (χ3n) is 5.28. The molecule has 174 valence electrons. The topological polar surface area (TPSA) is 38.9 Å². The van der Waals surface area contributed by atoms with Crippen molar-refractivity contribution in [3.05, 3.63) is 76.6 Å². The average molecular weight is 510 g/mol. The van der Waals surface area contributed by atoms with Crippen molar-refractivity contribution in [3.8, 4) is 11.1 Å². The maximum absolute atomic E-state index is 6.30. The van der Waals surface area contributed by atoms with Gasteiger partial charge in [-0.2, -0.15) is 0 Å². The molecule has 0 unspecified atom stereocenters. The summed E-state index contributed by atoms with van der Waals surface area (Å²) in [5.74, 6) is 1.43. The van der Waals surface area contributed by atoms with Gasteiger partial charge in [0.25, 0.3) is 0 Å². The van der Waals surface area contributed by atoms with Crippen LogP contribution in [-0.2, 0) is 18.7 Å². The summed E-state index contributed by atoms with van der Waals surface area (Å²) >= 11 is 3.64. The molecule has 0 saturated carbocycles. The first-order valence-corrected chi connectivity index (χ1v) is 12.7. The molecule has 32 heavy (non-hydrogen) atoms. The van der Waals surface area contributed by atoms with Crippen molar-refractivity contribution < 1.29 is 0 Å². The van der Waals surface area contributed by atoms with E-state index < -0.39 is 0 Å². The first-order chi connectivity index (χ1) is 14.4. The number of rotatable bonds is 8. The highest BCUT2D eigenvalue weighted by molar-refractivity contribution is 7.99. The predicted octanol–water partition coefficient (Wildman–Crippen LogP) is 7.88. The number of thioether (sulfide) groups is 2. The van der Waals surface area contributed by atoms with Crippen molar-refractivity contribution in [3.63, 3.8) is 0 Å². The maximum atomic E-state index is 6.30. The van der Waals surface area contributed by atoms with E-state index in [9.17, 15) is 0 Å². The number of hydrogen-bond acceptors (Lipinski definition) is 4. The van der Waals surface area contributed by atoms with Gasteiger partial charge in [0.15, 0.2) is 0 Å². The Balaban J connectivity index is 0.00000256. The van der Waals surface area contributed by atoms with Crippen molar-refractivity contribution in [1.82, 2.24) is 4.98 Å². The van der Waals surface area contributed by atoms with Gasteiger partial charge in [0.1, 0.15) is 0 Å². The summed E-state index contributed by atoms with van der Waals surface area (Å²) in [6.07, 6.45) is 3.06. The van der Waals surface area contributed by atoms with E-state index in [4.69, 9.17) is 10.7 Å². The maximum Gasteiger partial charge on any atom is 0.0460 e. The lowest BCUT2D eigenvalue weighted by atomic mass is 9.90. The van der Waals surface area contributed by atoms with Crippen LogP contribution in [0, 0.1) is 19.8 Å². The third-order valence-corrected chi connectivity index (χ3v) is 7.06. The monoisotopic (exact) mass is 508 g/mol. The van der Waals surface area contributed by atoms with Crippen LogP contribution in [0.3, 0.4) is 0 Å². The van der Waals surface area contributed by atoms with E-state index in [1.807, 2.05) is 11.8 Å². The van der Waals surface area contributed by atoms with Gasteiger partial charge in [-0.1, -0.05) is 43.7 Å². The predicted molar refractivity (Wildman–Crippen MR) is 148 cm³/mol. The van der Waals surface area contributed by atoms with Gasteiger partial charge in [0, 0.05) is 33.5 Å². The van der Waals surface area contributed by atoms with E-state index in [0.717, 1.165) is 23.6 Å². The standard InChI is InChI=1S/C26H32N2S2.2ClH/c1-17(2)14-25-23(15-27)26(20-8-6-18(3)7-9-20)24(19(4)28-25)16-30-22-12-10-21(29-5)11-13-22;;/h6-13,17H,14-16,27H2,1-5H3;2*1H. The van der Waals surface area contributed by atoms with E-state index in [0.29, 0.717) is 12.5 Å². The molecule has 1 aromatic heterocycles. The molecule has 2 nitrogen and oxygen atoms in total. The molecule has 0 fully saturated rings. The van der Waals surface area contributed by atoms with Gasteiger partial charge in [-0.15, -0.1) is 48.3 Å². The Kier molecular flexibility index (Phi) is 12.2. The van der Waals surface area contributed by atoms with E-state index >= 15 is 0 Å². The van der Waals surface area contributed by atoms with Crippen molar-refractivity contribution in [2.75, 3.05) is 6.26 Å². The Bertz CT molecular complexity index is 988. The van der Waals surface area contributed by atoms with Crippen LogP contribution in [0.15, 0.2) is 58.3 Å². The van der Waals surface area contributed by atoms with Gasteiger partial charge in [0.05, 0.1) is 0 Å². The Morgan fingerprint density at radius 1 is 0.875 bits per heavy atom. The summed E-state index contributed by atoms with van der Waals surface area (Å²) in [7, 11) is 0. The van der Waals surface area contributed by atoms with E-state index in [-0.39, 0.29) is 24.8 Å². The molecule has 3 rings (SSSR count). The molecular formula is C26H34Cl2N2S2. The second kappa shape index (κ2) is 13.5. The zero-order chi connectivity index (χ0) is 21.7. The van der Waals surface area contributed by atoms with Gasteiger partial charge >= 0.3 is 0 Å². The summed E-state index contributed by atoms with van der Waals surface area (Å²) in [5.41, 5.74) is 14.9. The molecule has 2 aromatic carbocycles. The lowest BCUT2D eigenvalue weighted by Crippen LogP contribution is -2.13. The van der Waals surface area contributed by atoms with E-state index in [2.05, 4.69) is 82.5 Å². The van der Waals surface area contributed by atoms with Crippen molar-refractivity contribution >= 4 is 48.3 Å². The van der Waals surface area contributed by atoms with E-state index in [1.165, 1.54) is 37.6 Å². The van der Waals surface area contributed by atoms with Crippen LogP contribution in [0.2, 0.25) is 0 Å². The second-order valence-corrected chi connectivity index (χ2v) is 10.0. The number of hydrogen-bond donors (Lipinski definition) is 1. The molecule has 0 aliphatic rings. The highest BCUT2D eigenvalue weighted by atomic mass is 35.5.